The maximum Gasteiger partial charge on any atom is 0.356 e. The molecular weight excluding hydrogens is 386 g/mol. The third kappa shape index (κ3) is 3.20. The second-order valence-corrected chi connectivity index (χ2v) is 7.45. The van der Waals surface area contributed by atoms with E-state index in [1.54, 1.807) is 6.07 Å². The fraction of sp³-hybridized carbons (Fsp3) is 0.389. The number of methoxy groups -OCH3 is 1. The first-order chi connectivity index (χ1) is 12.0. The minimum atomic E-state index is -0.477. The smallest absolute Gasteiger partial charge is 0.356 e. The molecule has 2 fully saturated rings. The summed E-state index contributed by atoms with van der Waals surface area (Å²) >= 11 is 3.48. The molecule has 25 heavy (non-hydrogen) atoms. The highest BCUT2D eigenvalue weighted by molar-refractivity contribution is 9.10. The third-order valence-electron chi connectivity index (χ3n) is 4.67. The standard InChI is InChI=1S/C18H18BrN3O3/c1-25-18(24)16-8-15(13-6-10(19)2-5-14(13)21-16)20-11-7-17(23)22(9-11)12-3-4-12/h2,5-6,8,11-12H,3-4,7,9H2,1H3,(H,20,21). The fourth-order valence-corrected chi connectivity index (χ4v) is 3.67. The number of carbonyl (C=O) groups is 2. The minimum Gasteiger partial charge on any atom is -0.464 e. The number of carbonyl (C=O) groups excluding carboxylic acids is 2. The van der Waals surface area contributed by atoms with Crippen molar-refractivity contribution in [2.24, 2.45) is 0 Å². The molecule has 1 aliphatic heterocycles. The molecule has 0 bridgehead atoms. The van der Waals surface area contributed by atoms with Gasteiger partial charge in [-0.25, -0.2) is 9.78 Å². The molecule has 0 spiro atoms. The van der Waals surface area contributed by atoms with Gasteiger partial charge in [0.15, 0.2) is 5.69 Å². The quantitative estimate of drug-likeness (QED) is 0.794. The largest absolute Gasteiger partial charge is 0.464 e. The number of fused-ring (bicyclic) bond motifs is 1. The Kier molecular flexibility index (Phi) is 4.11. The topological polar surface area (TPSA) is 71.5 Å². The molecule has 1 N–H and O–H groups in total. The second kappa shape index (κ2) is 6.29. The van der Waals surface area contributed by atoms with E-state index in [1.807, 2.05) is 23.1 Å². The molecule has 7 heteroatoms. The number of amides is 1. The number of likely N-dealkylation sites (tertiary alicyclic amines) is 1. The van der Waals surface area contributed by atoms with Gasteiger partial charge >= 0.3 is 5.97 Å². The molecule has 1 amide bonds. The SMILES string of the molecule is COC(=O)c1cc(NC2CC(=O)N(C3CC3)C2)c2cc(Br)ccc2n1. The van der Waals surface area contributed by atoms with Gasteiger partial charge in [0, 0.05) is 34.6 Å². The lowest BCUT2D eigenvalue weighted by molar-refractivity contribution is -0.128. The summed E-state index contributed by atoms with van der Waals surface area (Å²) < 4.78 is 5.74. The zero-order valence-electron chi connectivity index (χ0n) is 13.8. The van der Waals surface area contributed by atoms with E-state index < -0.39 is 5.97 Å². The molecule has 4 rings (SSSR count). The number of nitrogens with one attached hydrogen (secondary N) is 1. The number of benzene rings is 1. The van der Waals surface area contributed by atoms with Crippen molar-refractivity contribution in [2.75, 3.05) is 19.0 Å². The predicted octanol–water partition coefficient (Wildman–Crippen LogP) is 2.96. The van der Waals surface area contributed by atoms with Gasteiger partial charge in [-0.3, -0.25) is 4.79 Å². The third-order valence-corrected chi connectivity index (χ3v) is 5.16. The molecular formula is C18H18BrN3O3. The van der Waals surface area contributed by atoms with E-state index in [1.165, 1.54) is 7.11 Å². The molecule has 1 atom stereocenters. The van der Waals surface area contributed by atoms with Crippen molar-refractivity contribution in [3.63, 3.8) is 0 Å². The zero-order chi connectivity index (χ0) is 17.6. The first-order valence-corrected chi connectivity index (χ1v) is 9.09. The Morgan fingerprint density at radius 1 is 1.36 bits per heavy atom. The molecule has 2 aliphatic rings. The Morgan fingerprint density at radius 3 is 2.88 bits per heavy atom. The van der Waals surface area contributed by atoms with E-state index in [0.717, 1.165) is 28.4 Å². The molecule has 1 aromatic heterocycles. The second-order valence-electron chi connectivity index (χ2n) is 6.53. The molecule has 130 valence electrons. The van der Waals surface area contributed by atoms with E-state index in [2.05, 4.69) is 26.2 Å². The Morgan fingerprint density at radius 2 is 2.16 bits per heavy atom. The normalized spacial score (nSPS) is 20.2. The maximum atomic E-state index is 12.2. The summed E-state index contributed by atoms with van der Waals surface area (Å²) in [7, 11) is 1.34. The highest BCUT2D eigenvalue weighted by Gasteiger charge is 2.39. The Labute approximate surface area is 153 Å². The van der Waals surface area contributed by atoms with Crippen LogP contribution < -0.4 is 5.32 Å². The Bertz CT molecular complexity index is 866. The summed E-state index contributed by atoms with van der Waals surface area (Å²) in [6, 6.07) is 7.85. The van der Waals surface area contributed by atoms with E-state index in [9.17, 15) is 9.59 Å². The molecule has 1 aliphatic carbocycles. The van der Waals surface area contributed by atoms with Gasteiger partial charge in [0.05, 0.1) is 18.7 Å². The van der Waals surface area contributed by atoms with Crippen LogP contribution in [0, 0.1) is 0 Å². The van der Waals surface area contributed by atoms with Gasteiger partial charge in [-0.2, -0.15) is 0 Å². The van der Waals surface area contributed by atoms with Crippen LogP contribution >= 0.6 is 15.9 Å². The van der Waals surface area contributed by atoms with Gasteiger partial charge in [-0.1, -0.05) is 15.9 Å². The van der Waals surface area contributed by atoms with Crippen LogP contribution in [0.1, 0.15) is 29.8 Å². The number of hydrogen-bond acceptors (Lipinski definition) is 5. The van der Waals surface area contributed by atoms with Crippen LogP contribution in [0.2, 0.25) is 0 Å². The number of ether oxygens (including phenoxy) is 1. The van der Waals surface area contributed by atoms with Crippen LogP contribution in [-0.2, 0) is 9.53 Å². The molecule has 2 aromatic rings. The van der Waals surface area contributed by atoms with Crippen LogP contribution in [0.4, 0.5) is 5.69 Å². The van der Waals surface area contributed by atoms with Crippen LogP contribution in [0.25, 0.3) is 10.9 Å². The minimum absolute atomic E-state index is 0.0307. The van der Waals surface area contributed by atoms with Gasteiger partial charge in [-0.15, -0.1) is 0 Å². The number of nitrogens with zero attached hydrogens (tertiary/aromatic N) is 2. The van der Waals surface area contributed by atoms with E-state index >= 15 is 0 Å². The molecule has 1 aromatic carbocycles. The average Bonchev–Trinajstić information content (AvgIpc) is 3.38. The summed E-state index contributed by atoms with van der Waals surface area (Å²) in [5, 5.41) is 4.34. The van der Waals surface area contributed by atoms with Gasteiger partial charge in [0.2, 0.25) is 5.91 Å². The number of halogens is 1. The van der Waals surface area contributed by atoms with Crippen molar-refractivity contribution in [3.05, 3.63) is 34.4 Å². The van der Waals surface area contributed by atoms with Crippen LogP contribution in [0.5, 0.6) is 0 Å². The Balaban J connectivity index is 1.68. The predicted molar refractivity (Wildman–Crippen MR) is 97.5 cm³/mol. The van der Waals surface area contributed by atoms with Crippen LogP contribution in [-0.4, -0.2) is 47.5 Å². The lowest BCUT2D eigenvalue weighted by Crippen LogP contribution is -2.29. The van der Waals surface area contributed by atoms with E-state index in [0.29, 0.717) is 24.5 Å². The van der Waals surface area contributed by atoms with Crippen molar-refractivity contribution < 1.29 is 14.3 Å². The average molecular weight is 404 g/mol. The molecule has 6 nitrogen and oxygen atoms in total. The molecule has 1 saturated heterocycles. The Hall–Kier alpha value is -2.15. The lowest BCUT2D eigenvalue weighted by Gasteiger charge is -2.18. The van der Waals surface area contributed by atoms with Crippen molar-refractivity contribution in [1.29, 1.82) is 0 Å². The van der Waals surface area contributed by atoms with Crippen molar-refractivity contribution in [3.8, 4) is 0 Å². The fourth-order valence-electron chi connectivity index (χ4n) is 3.31. The number of esters is 1. The number of pyridine rings is 1. The number of anilines is 1. The highest BCUT2D eigenvalue weighted by atomic mass is 79.9. The number of aromatic nitrogens is 1. The highest BCUT2D eigenvalue weighted by Crippen LogP contribution is 2.33. The molecule has 0 radical (unpaired) electrons. The lowest BCUT2D eigenvalue weighted by atomic mass is 10.1. The van der Waals surface area contributed by atoms with Crippen molar-refractivity contribution in [2.45, 2.75) is 31.3 Å². The van der Waals surface area contributed by atoms with Crippen molar-refractivity contribution >= 4 is 44.4 Å². The van der Waals surface area contributed by atoms with Crippen LogP contribution in [0.3, 0.4) is 0 Å². The van der Waals surface area contributed by atoms with Gasteiger partial charge in [0.1, 0.15) is 0 Å². The van der Waals surface area contributed by atoms with Gasteiger partial charge in [0.25, 0.3) is 0 Å². The van der Waals surface area contributed by atoms with Gasteiger partial charge < -0.3 is 15.0 Å². The van der Waals surface area contributed by atoms with E-state index in [4.69, 9.17) is 4.74 Å². The summed E-state index contributed by atoms with van der Waals surface area (Å²) in [5.74, 6) is -0.275. The summed E-state index contributed by atoms with van der Waals surface area (Å²) in [6.07, 6.45) is 2.69. The maximum absolute atomic E-state index is 12.2. The number of rotatable bonds is 4. The number of hydrogen-bond donors (Lipinski definition) is 1. The zero-order valence-corrected chi connectivity index (χ0v) is 15.4. The summed E-state index contributed by atoms with van der Waals surface area (Å²) in [4.78, 5) is 30.5. The summed E-state index contributed by atoms with van der Waals surface area (Å²) in [6.45, 7) is 0.703. The van der Waals surface area contributed by atoms with Gasteiger partial charge in [-0.05, 0) is 37.1 Å². The first kappa shape index (κ1) is 16.3. The molecule has 2 heterocycles. The first-order valence-electron chi connectivity index (χ1n) is 8.30. The van der Waals surface area contributed by atoms with E-state index in [-0.39, 0.29) is 17.6 Å². The molecule has 1 unspecified atom stereocenters. The monoisotopic (exact) mass is 403 g/mol. The van der Waals surface area contributed by atoms with Crippen molar-refractivity contribution in [1.82, 2.24) is 9.88 Å². The molecule has 1 saturated carbocycles. The van der Waals surface area contributed by atoms with Crippen LogP contribution in [0.15, 0.2) is 28.7 Å². The summed E-state index contributed by atoms with van der Waals surface area (Å²) in [5.41, 5.74) is 1.75.